The van der Waals surface area contributed by atoms with Gasteiger partial charge in [-0.2, -0.15) is 0 Å². The molecule has 1 aliphatic rings. The monoisotopic (exact) mass is 174 g/mol. The quantitative estimate of drug-likeness (QED) is 0.462. The van der Waals surface area contributed by atoms with Gasteiger partial charge in [-0.05, 0) is 23.3 Å². The Morgan fingerprint density at radius 1 is 1.73 bits per heavy atom. The summed E-state index contributed by atoms with van der Waals surface area (Å²) in [5.74, 6) is 1.39. The minimum Gasteiger partial charge on any atom is -0.504 e. The highest BCUT2D eigenvalue weighted by Crippen LogP contribution is 2.51. The zero-order chi connectivity index (χ0) is 8.48. The first-order valence-electron chi connectivity index (χ1n) is 3.91. The van der Waals surface area contributed by atoms with Crippen molar-refractivity contribution in [2.45, 2.75) is 20.3 Å². The van der Waals surface area contributed by atoms with Crippen molar-refractivity contribution >= 4 is 11.6 Å². The van der Waals surface area contributed by atoms with Crippen molar-refractivity contribution < 1.29 is 4.74 Å². The molecule has 0 aromatic rings. The third-order valence-electron chi connectivity index (χ3n) is 2.76. The normalized spacial score (nSPS) is 31.6. The highest BCUT2D eigenvalue weighted by molar-refractivity contribution is 6.18. The van der Waals surface area contributed by atoms with E-state index in [2.05, 4.69) is 13.8 Å². The second-order valence-corrected chi connectivity index (χ2v) is 3.96. The fourth-order valence-electron chi connectivity index (χ4n) is 1.50. The van der Waals surface area contributed by atoms with Crippen LogP contribution in [0, 0.1) is 11.3 Å². The van der Waals surface area contributed by atoms with Gasteiger partial charge >= 0.3 is 0 Å². The van der Waals surface area contributed by atoms with Crippen LogP contribution in [0.1, 0.15) is 20.3 Å². The summed E-state index contributed by atoms with van der Waals surface area (Å²) in [5.41, 5.74) is 1.64. The number of rotatable bonds is 2. The molecule has 11 heavy (non-hydrogen) atoms. The Morgan fingerprint density at radius 3 is 2.73 bits per heavy atom. The Labute approximate surface area is 73.4 Å². The molecule has 0 spiro atoms. The van der Waals surface area contributed by atoms with Crippen molar-refractivity contribution in [3.8, 4) is 0 Å². The molecule has 1 fully saturated rings. The van der Waals surface area contributed by atoms with Crippen LogP contribution in [0.15, 0.2) is 11.8 Å². The van der Waals surface area contributed by atoms with Crippen LogP contribution in [0.4, 0.5) is 0 Å². The molecule has 64 valence electrons. The van der Waals surface area contributed by atoms with Crippen molar-refractivity contribution in [3.05, 3.63) is 11.8 Å². The first-order chi connectivity index (χ1) is 5.12. The summed E-state index contributed by atoms with van der Waals surface area (Å²) >= 11 is 5.79. The molecule has 1 rings (SSSR count). The van der Waals surface area contributed by atoms with Crippen LogP contribution in [-0.4, -0.2) is 13.0 Å². The zero-order valence-electron chi connectivity index (χ0n) is 7.36. The lowest BCUT2D eigenvalue weighted by Gasteiger charge is -2.46. The average Bonchev–Trinajstić information content (AvgIpc) is 1.97. The Hall–Kier alpha value is -0.170. The fraction of sp³-hybridized carbons (Fsp3) is 0.778. The standard InChI is InChI=1S/C9H15ClO/c1-9(2)7(5-10)4-8(9)6-11-3/h6-7H,4-5H2,1-3H3. The van der Waals surface area contributed by atoms with Crippen LogP contribution in [0.25, 0.3) is 0 Å². The third kappa shape index (κ3) is 1.39. The number of allylic oxidation sites excluding steroid dienone is 1. The van der Waals surface area contributed by atoms with Gasteiger partial charge < -0.3 is 4.74 Å². The lowest BCUT2D eigenvalue weighted by atomic mass is 9.60. The fourth-order valence-corrected chi connectivity index (χ4v) is 2.00. The van der Waals surface area contributed by atoms with Crippen molar-refractivity contribution in [1.29, 1.82) is 0 Å². The van der Waals surface area contributed by atoms with E-state index in [-0.39, 0.29) is 5.41 Å². The molecule has 1 nitrogen and oxygen atoms in total. The Bertz CT molecular complexity index is 172. The second kappa shape index (κ2) is 3.06. The van der Waals surface area contributed by atoms with Crippen LogP contribution in [-0.2, 0) is 4.74 Å². The molecule has 0 bridgehead atoms. The third-order valence-corrected chi connectivity index (χ3v) is 3.13. The van der Waals surface area contributed by atoms with Crippen molar-refractivity contribution in [1.82, 2.24) is 0 Å². The molecule has 0 saturated heterocycles. The Morgan fingerprint density at radius 2 is 2.36 bits per heavy atom. The van der Waals surface area contributed by atoms with Crippen LogP contribution in [0.3, 0.4) is 0 Å². The molecular formula is C9H15ClO. The maximum Gasteiger partial charge on any atom is 0.0822 e. The van der Waals surface area contributed by atoms with E-state index in [9.17, 15) is 0 Å². The molecule has 0 aliphatic heterocycles. The van der Waals surface area contributed by atoms with E-state index in [4.69, 9.17) is 16.3 Å². The molecule has 0 radical (unpaired) electrons. The zero-order valence-corrected chi connectivity index (χ0v) is 8.11. The maximum atomic E-state index is 5.79. The van der Waals surface area contributed by atoms with Crippen molar-refractivity contribution in [3.63, 3.8) is 0 Å². The van der Waals surface area contributed by atoms with Crippen LogP contribution in [0.2, 0.25) is 0 Å². The summed E-state index contributed by atoms with van der Waals surface area (Å²) in [6.07, 6.45) is 2.95. The molecule has 0 aromatic carbocycles. The molecular weight excluding hydrogens is 160 g/mol. The second-order valence-electron chi connectivity index (χ2n) is 3.66. The Balaban J connectivity index is 2.61. The summed E-state index contributed by atoms with van der Waals surface area (Å²) in [6, 6.07) is 0. The molecule has 1 unspecified atom stereocenters. The van der Waals surface area contributed by atoms with Gasteiger partial charge in [0.1, 0.15) is 0 Å². The Kier molecular flexibility index (Phi) is 2.48. The van der Waals surface area contributed by atoms with Gasteiger partial charge in [0.2, 0.25) is 0 Å². The highest BCUT2D eigenvalue weighted by atomic mass is 35.5. The predicted octanol–water partition coefficient (Wildman–Crippen LogP) is 2.80. The van der Waals surface area contributed by atoms with E-state index < -0.39 is 0 Å². The topological polar surface area (TPSA) is 9.23 Å². The van der Waals surface area contributed by atoms with E-state index in [0.717, 1.165) is 12.3 Å². The lowest BCUT2D eigenvalue weighted by Crippen LogP contribution is -2.38. The van der Waals surface area contributed by atoms with Crippen LogP contribution >= 0.6 is 11.6 Å². The average molecular weight is 175 g/mol. The van der Waals surface area contributed by atoms with Crippen molar-refractivity contribution in [2.75, 3.05) is 13.0 Å². The number of alkyl halides is 1. The van der Waals surface area contributed by atoms with Crippen LogP contribution < -0.4 is 0 Å². The maximum absolute atomic E-state index is 5.79. The van der Waals surface area contributed by atoms with E-state index >= 15 is 0 Å². The first kappa shape index (κ1) is 8.92. The van der Waals surface area contributed by atoms with E-state index in [1.165, 1.54) is 5.57 Å². The smallest absolute Gasteiger partial charge is 0.0822 e. The molecule has 0 heterocycles. The molecule has 1 atom stereocenters. The van der Waals surface area contributed by atoms with E-state index in [0.29, 0.717) is 5.92 Å². The van der Waals surface area contributed by atoms with Gasteiger partial charge in [0.15, 0.2) is 0 Å². The van der Waals surface area contributed by atoms with Gasteiger partial charge in [0.25, 0.3) is 0 Å². The molecule has 1 saturated carbocycles. The van der Waals surface area contributed by atoms with Gasteiger partial charge in [-0.1, -0.05) is 13.8 Å². The minimum absolute atomic E-state index is 0.262. The number of hydrogen-bond donors (Lipinski definition) is 0. The van der Waals surface area contributed by atoms with Gasteiger partial charge in [0, 0.05) is 5.88 Å². The number of methoxy groups -OCH3 is 1. The molecule has 0 aromatic heterocycles. The summed E-state index contributed by atoms with van der Waals surface area (Å²) < 4.78 is 4.97. The predicted molar refractivity (Wildman–Crippen MR) is 47.7 cm³/mol. The number of ether oxygens (including phenoxy) is 1. The number of hydrogen-bond acceptors (Lipinski definition) is 1. The molecule has 1 aliphatic carbocycles. The largest absolute Gasteiger partial charge is 0.504 e. The summed E-state index contributed by atoms with van der Waals surface area (Å²) in [4.78, 5) is 0. The number of halogens is 1. The van der Waals surface area contributed by atoms with E-state index in [1.807, 2.05) is 6.26 Å². The molecule has 0 amide bonds. The SMILES string of the molecule is COC=C1CC(CCl)C1(C)C. The van der Waals surface area contributed by atoms with Crippen LogP contribution in [0.5, 0.6) is 0 Å². The summed E-state index contributed by atoms with van der Waals surface area (Å²) in [5, 5.41) is 0. The van der Waals surface area contributed by atoms with Gasteiger partial charge in [-0.15, -0.1) is 11.6 Å². The highest BCUT2D eigenvalue weighted by Gasteiger charge is 2.42. The van der Waals surface area contributed by atoms with E-state index in [1.54, 1.807) is 7.11 Å². The summed E-state index contributed by atoms with van der Waals surface area (Å²) in [6.45, 7) is 4.43. The van der Waals surface area contributed by atoms with Gasteiger partial charge in [-0.3, -0.25) is 0 Å². The molecule has 0 N–H and O–H groups in total. The minimum atomic E-state index is 0.262. The van der Waals surface area contributed by atoms with Gasteiger partial charge in [-0.25, -0.2) is 0 Å². The van der Waals surface area contributed by atoms with Gasteiger partial charge in [0.05, 0.1) is 13.4 Å². The summed E-state index contributed by atoms with van der Waals surface area (Å²) in [7, 11) is 1.69. The molecule has 2 heteroatoms. The first-order valence-corrected chi connectivity index (χ1v) is 4.44. The lowest BCUT2D eigenvalue weighted by molar-refractivity contribution is 0.173. The van der Waals surface area contributed by atoms with Crippen molar-refractivity contribution in [2.24, 2.45) is 11.3 Å².